The Morgan fingerprint density at radius 3 is 2.94 bits per heavy atom. The fourth-order valence-corrected chi connectivity index (χ4v) is 3.90. The zero-order valence-electron chi connectivity index (χ0n) is 10.9. The number of hydrogen-bond donors (Lipinski definition) is 1. The highest BCUT2D eigenvalue weighted by Crippen LogP contribution is 2.32. The average Bonchev–Trinajstić information content (AvgIpc) is 2.58. The summed E-state index contributed by atoms with van der Waals surface area (Å²) in [6.45, 7) is 3.28. The molecule has 1 N–H and O–H groups in total. The molecular formula is C13H23N3S. The molecule has 4 heteroatoms. The number of rotatable bonds is 4. The van der Waals surface area contributed by atoms with Gasteiger partial charge in [0.1, 0.15) is 0 Å². The maximum atomic E-state index is 4.25. The summed E-state index contributed by atoms with van der Waals surface area (Å²) in [5.41, 5.74) is 0. The molecule has 0 radical (unpaired) electrons. The van der Waals surface area contributed by atoms with Crippen molar-refractivity contribution in [1.82, 2.24) is 15.1 Å². The Morgan fingerprint density at radius 2 is 2.24 bits per heavy atom. The molecule has 0 bridgehead atoms. The van der Waals surface area contributed by atoms with Crippen molar-refractivity contribution in [2.75, 3.05) is 6.54 Å². The monoisotopic (exact) mass is 253 g/mol. The molecule has 0 amide bonds. The van der Waals surface area contributed by atoms with Crippen molar-refractivity contribution in [2.24, 2.45) is 7.05 Å². The lowest BCUT2D eigenvalue weighted by Gasteiger charge is -2.24. The van der Waals surface area contributed by atoms with Gasteiger partial charge in [0, 0.05) is 29.4 Å². The molecule has 3 nitrogen and oxygen atoms in total. The summed E-state index contributed by atoms with van der Waals surface area (Å²) in [5, 5.41) is 8.62. The Balaban J connectivity index is 1.99. The van der Waals surface area contributed by atoms with Crippen molar-refractivity contribution in [2.45, 2.75) is 55.2 Å². The van der Waals surface area contributed by atoms with E-state index in [0.29, 0.717) is 11.3 Å². The summed E-state index contributed by atoms with van der Waals surface area (Å²) in [5.74, 6) is 0. The molecule has 2 atom stereocenters. The molecule has 1 aromatic heterocycles. The first-order valence-electron chi connectivity index (χ1n) is 6.68. The van der Waals surface area contributed by atoms with Gasteiger partial charge in [-0.3, -0.25) is 4.68 Å². The topological polar surface area (TPSA) is 29.9 Å². The second-order valence-corrected chi connectivity index (χ2v) is 6.12. The number of thioether (sulfide) groups is 1. The van der Waals surface area contributed by atoms with Gasteiger partial charge in [0.05, 0.1) is 6.20 Å². The number of nitrogens with zero attached hydrogens (tertiary/aromatic N) is 2. The SMILES string of the molecule is CCNC1CCCCCC1Sc1cnn(C)c1. The smallest absolute Gasteiger partial charge is 0.0625 e. The van der Waals surface area contributed by atoms with Crippen LogP contribution in [0.15, 0.2) is 17.3 Å². The Bertz CT molecular complexity index is 337. The largest absolute Gasteiger partial charge is 0.313 e. The predicted molar refractivity (Wildman–Crippen MR) is 73.4 cm³/mol. The molecule has 1 heterocycles. The summed E-state index contributed by atoms with van der Waals surface area (Å²) in [4.78, 5) is 1.31. The third-order valence-corrected chi connectivity index (χ3v) is 4.74. The van der Waals surface area contributed by atoms with E-state index in [2.05, 4.69) is 23.5 Å². The highest BCUT2D eigenvalue weighted by molar-refractivity contribution is 8.00. The maximum Gasteiger partial charge on any atom is 0.0625 e. The first-order chi connectivity index (χ1) is 8.29. The van der Waals surface area contributed by atoms with Crippen LogP contribution >= 0.6 is 11.8 Å². The molecule has 1 fully saturated rings. The van der Waals surface area contributed by atoms with Gasteiger partial charge in [-0.05, 0) is 19.4 Å². The van der Waals surface area contributed by atoms with Crippen molar-refractivity contribution >= 4 is 11.8 Å². The van der Waals surface area contributed by atoms with Crippen LogP contribution in [0.3, 0.4) is 0 Å². The first-order valence-corrected chi connectivity index (χ1v) is 7.56. The van der Waals surface area contributed by atoms with Gasteiger partial charge < -0.3 is 5.32 Å². The van der Waals surface area contributed by atoms with Crippen LogP contribution in [0, 0.1) is 0 Å². The normalized spacial score (nSPS) is 25.8. The molecule has 96 valence electrons. The van der Waals surface area contributed by atoms with Gasteiger partial charge in [-0.15, -0.1) is 11.8 Å². The van der Waals surface area contributed by atoms with Crippen LogP contribution in [0.4, 0.5) is 0 Å². The van der Waals surface area contributed by atoms with E-state index in [4.69, 9.17) is 0 Å². The minimum Gasteiger partial charge on any atom is -0.313 e. The molecule has 1 saturated carbocycles. The van der Waals surface area contributed by atoms with E-state index in [9.17, 15) is 0 Å². The zero-order valence-corrected chi connectivity index (χ0v) is 11.7. The highest BCUT2D eigenvalue weighted by Gasteiger charge is 2.24. The molecule has 1 aliphatic carbocycles. The molecular weight excluding hydrogens is 230 g/mol. The number of hydrogen-bond acceptors (Lipinski definition) is 3. The third kappa shape index (κ3) is 3.75. The van der Waals surface area contributed by atoms with E-state index in [1.54, 1.807) is 0 Å². The summed E-state index contributed by atoms with van der Waals surface area (Å²) in [6.07, 6.45) is 10.9. The van der Waals surface area contributed by atoms with E-state index in [1.807, 2.05) is 29.7 Å². The van der Waals surface area contributed by atoms with Crippen molar-refractivity contribution in [3.05, 3.63) is 12.4 Å². The summed E-state index contributed by atoms with van der Waals surface area (Å²) in [7, 11) is 1.99. The second kappa shape index (κ2) is 6.45. The Morgan fingerprint density at radius 1 is 1.41 bits per heavy atom. The molecule has 1 aromatic rings. The van der Waals surface area contributed by atoms with Crippen LogP contribution in [-0.4, -0.2) is 27.6 Å². The third-order valence-electron chi connectivity index (χ3n) is 3.39. The van der Waals surface area contributed by atoms with Crippen molar-refractivity contribution in [1.29, 1.82) is 0 Å². The fourth-order valence-electron chi connectivity index (χ4n) is 2.54. The molecule has 0 aliphatic heterocycles. The average molecular weight is 253 g/mol. The standard InChI is InChI=1S/C13H23N3S/c1-3-14-12-7-5-4-6-8-13(12)17-11-9-15-16(2)10-11/h9-10,12-14H,3-8H2,1-2H3. The van der Waals surface area contributed by atoms with Crippen molar-refractivity contribution < 1.29 is 0 Å². The minimum atomic E-state index is 0.674. The van der Waals surface area contributed by atoms with E-state index in [-0.39, 0.29) is 0 Å². The number of aryl methyl sites for hydroxylation is 1. The molecule has 2 unspecified atom stereocenters. The molecule has 1 aliphatic rings. The van der Waals surface area contributed by atoms with Crippen LogP contribution in [0.5, 0.6) is 0 Å². The van der Waals surface area contributed by atoms with Gasteiger partial charge >= 0.3 is 0 Å². The van der Waals surface area contributed by atoms with Gasteiger partial charge in [0.15, 0.2) is 0 Å². The lowest BCUT2D eigenvalue weighted by Crippen LogP contribution is -2.37. The van der Waals surface area contributed by atoms with Crippen molar-refractivity contribution in [3.63, 3.8) is 0 Å². The van der Waals surface area contributed by atoms with Gasteiger partial charge in [0.25, 0.3) is 0 Å². The van der Waals surface area contributed by atoms with Gasteiger partial charge in [-0.25, -0.2) is 0 Å². The van der Waals surface area contributed by atoms with Crippen molar-refractivity contribution in [3.8, 4) is 0 Å². The lowest BCUT2D eigenvalue weighted by atomic mass is 10.1. The van der Waals surface area contributed by atoms with Gasteiger partial charge in [-0.1, -0.05) is 26.2 Å². The van der Waals surface area contributed by atoms with E-state index in [1.165, 1.54) is 37.0 Å². The number of nitrogens with one attached hydrogen (secondary N) is 1. The summed E-state index contributed by atoms with van der Waals surface area (Å²) >= 11 is 2.00. The van der Waals surface area contributed by atoms with E-state index >= 15 is 0 Å². The Labute approximate surface area is 108 Å². The van der Waals surface area contributed by atoms with Crippen LogP contribution in [0.2, 0.25) is 0 Å². The minimum absolute atomic E-state index is 0.674. The van der Waals surface area contributed by atoms with Crippen LogP contribution in [-0.2, 0) is 7.05 Å². The number of aromatic nitrogens is 2. The van der Waals surface area contributed by atoms with E-state index in [0.717, 1.165) is 6.54 Å². The fraction of sp³-hybridized carbons (Fsp3) is 0.769. The van der Waals surface area contributed by atoms with Gasteiger partial charge in [0.2, 0.25) is 0 Å². The molecule has 17 heavy (non-hydrogen) atoms. The maximum absolute atomic E-state index is 4.25. The summed E-state index contributed by atoms with van der Waals surface area (Å²) < 4.78 is 1.89. The van der Waals surface area contributed by atoms with Gasteiger partial charge in [-0.2, -0.15) is 5.10 Å². The first kappa shape index (κ1) is 13.0. The predicted octanol–water partition coefficient (Wildman–Crippen LogP) is 2.82. The zero-order chi connectivity index (χ0) is 12.1. The van der Waals surface area contributed by atoms with Crippen LogP contribution in [0.25, 0.3) is 0 Å². The van der Waals surface area contributed by atoms with E-state index < -0.39 is 0 Å². The molecule has 0 aromatic carbocycles. The van der Waals surface area contributed by atoms with Crippen LogP contribution in [0.1, 0.15) is 39.0 Å². The lowest BCUT2D eigenvalue weighted by molar-refractivity contribution is 0.482. The molecule has 2 rings (SSSR count). The highest BCUT2D eigenvalue weighted by atomic mass is 32.2. The quantitative estimate of drug-likeness (QED) is 0.837. The Kier molecular flexibility index (Phi) is 4.92. The molecule has 0 spiro atoms. The summed E-state index contributed by atoms with van der Waals surface area (Å²) in [6, 6.07) is 0.674. The molecule has 0 saturated heterocycles. The second-order valence-electron chi connectivity index (χ2n) is 4.81. The Hall–Kier alpha value is -0.480. The van der Waals surface area contributed by atoms with Crippen LogP contribution < -0.4 is 5.32 Å².